The molecule has 1 aliphatic rings. The van der Waals surface area contributed by atoms with Crippen molar-refractivity contribution in [1.29, 1.82) is 0 Å². The third-order valence-corrected chi connectivity index (χ3v) is 5.51. The number of aromatic nitrogens is 3. The Labute approximate surface area is 178 Å². The van der Waals surface area contributed by atoms with Crippen LogP contribution in [0.2, 0.25) is 0 Å². The largest absolute Gasteiger partial charge is 0.436 e. The monoisotopic (exact) mass is 414 g/mol. The molecule has 31 heavy (non-hydrogen) atoms. The minimum Gasteiger partial charge on any atom is -0.436 e. The molecular weight excluding hydrogens is 392 g/mol. The molecule has 156 valence electrons. The van der Waals surface area contributed by atoms with Crippen molar-refractivity contribution in [3.05, 3.63) is 55.0 Å². The van der Waals surface area contributed by atoms with Gasteiger partial charge in [-0.25, -0.2) is 9.97 Å². The second-order valence-electron chi connectivity index (χ2n) is 7.61. The van der Waals surface area contributed by atoms with Crippen molar-refractivity contribution in [1.82, 2.24) is 20.3 Å². The lowest BCUT2D eigenvalue weighted by molar-refractivity contribution is -0.120. The van der Waals surface area contributed by atoms with Crippen LogP contribution < -0.4 is 16.4 Å². The van der Waals surface area contributed by atoms with Gasteiger partial charge in [0.05, 0.1) is 11.8 Å². The van der Waals surface area contributed by atoms with Crippen molar-refractivity contribution >= 4 is 28.5 Å². The van der Waals surface area contributed by atoms with Gasteiger partial charge in [0, 0.05) is 35.6 Å². The average molecular weight is 414 g/mol. The molecule has 5 rings (SSSR count). The van der Waals surface area contributed by atoms with Crippen LogP contribution in [-0.2, 0) is 4.79 Å². The zero-order valence-electron chi connectivity index (χ0n) is 16.8. The Kier molecular flexibility index (Phi) is 5.05. The number of hydrogen-bond acceptors (Lipinski definition) is 7. The maximum absolute atomic E-state index is 12.6. The number of nitrogens with one attached hydrogen (secondary N) is 2. The predicted octanol–water partition coefficient (Wildman–Crippen LogP) is 3.47. The molecule has 8 nitrogen and oxygen atoms in total. The number of carbonyl (C=O) groups excluding carboxylic acids is 1. The first-order valence-electron chi connectivity index (χ1n) is 10.3. The fourth-order valence-corrected chi connectivity index (χ4v) is 3.80. The van der Waals surface area contributed by atoms with Gasteiger partial charge in [0.15, 0.2) is 5.58 Å². The van der Waals surface area contributed by atoms with Crippen LogP contribution >= 0.6 is 0 Å². The van der Waals surface area contributed by atoms with E-state index < -0.39 is 0 Å². The van der Waals surface area contributed by atoms with Gasteiger partial charge in [0.2, 0.25) is 11.8 Å². The normalized spacial score (nSPS) is 14.6. The average Bonchev–Trinajstić information content (AvgIpc) is 3.24. The molecule has 0 saturated carbocycles. The van der Waals surface area contributed by atoms with Crippen molar-refractivity contribution in [2.45, 2.75) is 12.8 Å². The molecule has 1 aromatic carbocycles. The summed E-state index contributed by atoms with van der Waals surface area (Å²) < 4.78 is 5.84. The highest BCUT2D eigenvalue weighted by atomic mass is 16.3. The zero-order valence-corrected chi connectivity index (χ0v) is 16.8. The maximum atomic E-state index is 12.6. The summed E-state index contributed by atoms with van der Waals surface area (Å²) in [7, 11) is 0. The molecule has 1 fully saturated rings. The number of anilines is 2. The van der Waals surface area contributed by atoms with E-state index in [1.807, 2.05) is 30.3 Å². The first kappa shape index (κ1) is 19.2. The summed E-state index contributed by atoms with van der Waals surface area (Å²) in [5, 5.41) is 6.33. The molecule has 4 heterocycles. The van der Waals surface area contributed by atoms with Crippen molar-refractivity contribution in [3.8, 4) is 22.6 Å². The molecule has 0 aliphatic carbocycles. The van der Waals surface area contributed by atoms with Crippen LogP contribution in [0.4, 0.5) is 11.5 Å². The van der Waals surface area contributed by atoms with Gasteiger partial charge in [-0.1, -0.05) is 12.1 Å². The minimum atomic E-state index is 0.0448. The number of nitrogens with zero attached hydrogens (tertiary/aromatic N) is 3. The Morgan fingerprint density at radius 1 is 1.13 bits per heavy atom. The summed E-state index contributed by atoms with van der Waals surface area (Å²) in [6, 6.07) is 11.4. The van der Waals surface area contributed by atoms with Crippen LogP contribution in [-0.4, -0.2) is 33.9 Å². The minimum absolute atomic E-state index is 0.0448. The predicted molar refractivity (Wildman–Crippen MR) is 119 cm³/mol. The summed E-state index contributed by atoms with van der Waals surface area (Å²) in [6.07, 6.45) is 6.72. The lowest BCUT2D eigenvalue weighted by atomic mass is 9.97. The molecule has 0 radical (unpaired) electrons. The Balaban J connectivity index is 1.43. The summed E-state index contributed by atoms with van der Waals surface area (Å²) in [5.41, 5.74) is 10.5. The molecule has 1 amide bonds. The summed E-state index contributed by atoms with van der Waals surface area (Å²) in [4.78, 5) is 25.5. The highest BCUT2D eigenvalue weighted by molar-refractivity contribution is 5.93. The summed E-state index contributed by atoms with van der Waals surface area (Å²) in [6.45, 7) is 1.76. The SMILES string of the molecule is Nc1ncc(-c2cccc(NC(=O)C3CCNCC3)c2)cc1-c1nc2cnccc2o1. The molecule has 1 aliphatic heterocycles. The van der Waals surface area contributed by atoms with Crippen molar-refractivity contribution in [2.75, 3.05) is 24.1 Å². The van der Waals surface area contributed by atoms with Gasteiger partial charge in [0.25, 0.3) is 0 Å². The van der Waals surface area contributed by atoms with E-state index in [0.29, 0.717) is 28.4 Å². The third-order valence-electron chi connectivity index (χ3n) is 5.51. The van der Waals surface area contributed by atoms with E-state index in [2.05, 4.69) is 25.6 Å². The number of oxazole rings is 1. The van der Waals surface area contributed by atoms with Gasteiger partial charge in [-0.05, 0) is 49.7 Å². The number of nitrogens with two attached hydrogens (primary N) is 1. The smallest absolute Gasteiger partial charge is 0.231 e. The van der Waals surface area contributed by atoms with Crippen LogP contribution in [0.15, 0.2) is 59.4 Å². The van der Waals surface area contributed by atoms with Crippen molar-refractivity contribution in [3.63, 3.8) is 0 Å². The molecule has 3 aromatic heterocycles. The Hall–Kier alpha value is -3.78. The lowest BCUT2D eigenvalue weighted by Gasteiger charge is -2.21. The fourth-order valence-electron chi connectivity index (χ4n) is 3.80. The standard InChI is InChI=1S/C23H22N6O2/c24-21-18(23-29-19-13-26-9-6-20(19)31-23)11-16(12-27-21)15-2-1-3-17(10-15)28-22(30)14-4-7-25-8-5-14/h1-3,6,9-14,25H,4-5,7-8H2,(H2,24,27)(H,28,30). The third kappa shape index (κ3) is 3.97. The van der Waals surface area contributed by atoms with E-state index in [9.17, 15) is 4.79 Å². The molecule has 8 heteroatoms. The lowest BCUT2D eigenvalue weighted by Crippen LogP contribution is -2.34. The number of piperidine rings is 1. The summed E-state index contributed by atoms with van der Waals surface area (Å²) >= 11 is 0. The zero-order chi connectivity index (χ0) is 21.2. The first-order chi connectivity index (χ1) is 15.2. The molecule has 1 saturated heterocycles. The van der Waals surface area contributed by atoms with E-state index in [1.54, 1.807) is 24.7 Å². The van der Waals surface area contributed by atoms with E-state index in [-0.39, 0.29) is 11.8 Å². The van der Waals surface area contributed by atoms with Crippen molar-refractivity contribution in [2.24, 2.45) is 5.92 Å². The quantitative estimate of drug-likeness (QED) is 0.468. The van der Waals surface area contributed by atoms with Crippen LogP contribution in [0.5, 0.6) is 0 Å². The van der Waals surface area contributed by atoms with E-state index >= 15 is 0 Å². The van der Waals surface area contributed by atoms with Gasteiger partial charge < -0.3 is 20.8 Å². The number of hydrogen-bond donors (Lipinski definition) is 3. The van der Waals surface area contributed by atoms with Crippen LogP contribution in [0.3, 0.4) is 0 Å². The number of pyridine rings is 2. The number of fused-ring (bicyclic) bond motifs is 1. The Morgan fingerprint density at radius 2 is 2.00 bits per heavy atom. The second kappa shape index (κ2) is 8.16. The van der Waals surface area contributed by atoms with Crippen molar-refractivity contribution < 1.29 is 9.21 Å². The Bertz CT molecular complexity index is 1210. The molecule has 0 spiro atoms. The molecule has 0 unspecified atom stereocenters. The molecule has 4 aromatic rings. The molecular formula is C23H22N6O2. The first-order valence-corrected chi connectivity index (χ1v) is 10.3. The molecule has 4 N–H and O–H groups in total. The number of nitrogen functional groups attached to an aromatic ring is 1. The molecule has 0 atom stereocenters. The topological polar surface area (TPSA) is 119 Å². The number of carbonyl (C=O) groups is 1. The van der Waals surface area contributed by atoms with Gasteiger partial charge in [-0.15, -0.1) is 0 Å². The summed E-state index contributed by atoms with van der Waals surface area (Å²) in [5.74, 6) is 0.835. The van der Waals surface area contributed by atoms with Gasteiger partial charge >= 0.3 is 0 Å². The number of benzene rings is 1. The maximum Gasteiger partial charge on any atom is 0.231 e. The molecule has 0 bridgehead atoms. The van der Waals surface area contributed by atoms with Gasteiger partial charge in [0.1, 0.15) is 11.3 Å². The van der Waals surface area contributed by atoms with Crippen LogP contribution in [0.1, 0.15) is 12.8 Å². The van der Waals surface area contributed by atoms with E-state index in [1.165, 1.54) is 0 Å². The fraction of sp³-hybridized carbons (Fsp3) is 0.217. The van der Waals surface area contributed by atoms with Crippen LogP contribution in [0.25, 0.3) is 33.7 Å². The highest BCUT2D eigenvalue weighted by Gasteiger charge is 2.21. The van der Waals surface area contributed by atoms with E-state index in [0.717, 1.165) is 42.7 Å². The second-order valence-corrected chi connectivity index (χ2v) is 7.61. The number of amides is 1. The van der Waals surface area contributed by atoms with Gasteiger partial charge in [-0.2, -0.15) is 0 Å². The highest BCUT2D eigenvalue weighted by Crippen LogP contribution is 2.32. The van der Waals surface area contributed by atoms with Crippen LogP contribution in [0, 0.1) is 5.92 Å². The number of rotatable bonds is 4. The Morgan fingerprint density at radius 3 is 2.84 bits per heavy atom. The van der Waals surface area contributed by atoms with Gasteiger partial charge in [-0.3, -0.25) is 9.78 Å². The van der Waals surface area contributed by atoms with E-state index in [4.69, 9.17) is 10.2 Å².